The molecule has 100 valence electrons. The van der Waals surface area contributed by atoms with Gasteiger partial charge in [-0.05, 0) is 38.3 Å². The molecule has 0 saturated carbocycles. The maximum Gasteiger partial charge on any atom is 0.128 e. The van der Waals surface area contributed by atoms with Gasteiger partial charge in [-0.3, -0.25) is 4.68 Å². The van der Waals surface area contributed by atoms with E-state index in [4.69, 9.17) is 0 Å². The van der Waals surface area contributed by atoms with Gasteiger partial charge in [0.1, 0.15) is 5.82 Å². The fraction of sp³-hybridized carbons (Fsp3) is 0.400. The van der Waals surface area contributed by atoms with Crippen LogP contribution in [0.4, 0.5) is 10.1 Å². The number of hydrogen-bond donors (Lipinski definition) is 1. The Balaban J connectivity index is 1.91. The smallest absolute Gasteiger partial charge is 0.128 e. The van der Waals surface area contributed by atoms with Crippen molar-refractivity contribution in [3.8, 4) is 0 Å². The van der Waals surface area contributed by atoms with Crippen molar-refractivity contribution in [3.05, 3.63) is 47.0 Å². The summed E-state index contributed by atoms with van der Waals surface area (Å²) in [6.07, 6.45) is 5.21. The van der Waals surface area contributed by atoms with Crippen LogP contribution in [0.5, 0.6) is 0 Å². The summed E-state index contributed by atoms with van der Waals surface area (Å²) < 4.78 is 15.5. The molecule has 3 nitrogen and oxygen atoms in total. The molecule has 1 aliphatic carbocycles. The van der Waals surface area contributed by atoms with Crippen LogP contribution in [-0.4, -0.2) is 9.78 Å². The highest BCUT2D eigenvalue weighted by Gasteiger charge is 2.23. The van der Waals surface area contributed by atoms with Gasteiger partial charge in [-0.15, -0.1) is 0 Å². The summed E-state index contributed by atoms with van der Waals surface area (Å²) in [5.41, 5.74) is 4.09. The first kappa shape index (κ1) is 12.2. The van der Waals surface area contributed by atoms with Gasteiger partial charge in [0.25, 0.3) is 0 Å². The van der Waals surface area contributed by atoms with Gasteiger partial charge in [0, 0.05) is 29.6 Å². The van der Waals surface area contributed by atoms with Crippen LogP contribution in [0, 0.1) is 12.7 Å². The minimum atomic E-state index is -0.160. The molecule has 1 heterocycles. The van der Waals surface area contributed by atoms with Crippen LogP contribution >= 0.6 is 0 Å². The van der Waals surface area contributed by atoms with Gasteiger partial charge in [-0.2, -0.15) is 5.10 Å². The molecular weight excluding hydrogens is 241 g/mol. The zero-order valence-electron chi connectivity index (χ0n) is 11.3. The molecule has 1 atom stereocenters. The maximum atomic E-state index is 13.6. The summed E-state index contributed by atoms with van der Waals surface area (Å²) in [6, 6.07) is 5.41. The molecule has 0 bridgehead atoms. The summed E-state index contributed by atoms with van der Waals surface area (Å²) >= 11 is 0. The van der Waals surface area contributed by atoms with Gasteiger partial charge in [0.2, 0.25) is 0 Å². The SMILES string of the molecule is Cc1c(F)cccc1NC1CCCc2c1cnn2C. The van der Waals surface area contributed by atoms with Gasteiger partial charge >= 0.3 is 0 Å². The van der Waals surface area contributed by atoms with Crippen molar-refractivity contribution < 1.29 is 4.39 Å². The Kier molecular flexibility index (Phi) is 3.01. The molecule has 1 aromatic heterocycles. The Bertz CT molecular complexity index is 603. The minimum absolute atomic E-state index is 0.160. The molecule has 4 heteroatoms. The van der Waals surface area contributed by atoms with Crippen molar-refractivity contribution in [3.63, 3.8) is 0 Å². The highest BCUT2D eigenvalue weighted by atomic mass is 19.1. The Morgan fingerprint density at radius 3 is 3.11 bits per heavy atom. The first-order chi connectivity index (χ1) is 9.16. The van der Waals surface area contributed by atoms with E-state index in [1.165, 1.54) is 17.3 Å². The second-order valence-corrected chi connectivity index (χ2v) is 5.17. The van der Waals surface area contributed by atoms with E-state index < -0.39 is 0 Å². The molecule has 2 aromatic rings. The van der Waals surface area contributed by atoms with Gasteiger partial charge in [-0.25, -0.2) is 4.39 Å². The normalized spacial score (nSPS) is 18.2. The van der Waals surface area contributed by atoms with Crippen molar-refractivity contribution in [1.29, 1.82) is 0 Å². The molecule has 0 radical (unpaired) electrons. The van der Waals surface area contributed by atoms with Gasteiger partial charge < -0.3 is 5.32 Å². The summed E-state index contributed by atoms with van der Waals surface area (Å²) in [7, 11) is 1.98. The van der Waals surface area contributed by atoms with Crippen LogP contribution in [0.1, 0.15) is 35.7 Å². The van der Waals surface area contributed by atoms with E-state index in [9.17, 15) is 4.39 Å². The van der Waals surface area contributed by atoms with Crippen molar-refractivity contribution in [1.82, 2.24) is 9.78 Å². The second-order valence-electron chi connectivity index (χ2n) is 5.17. The van der Waals surface area contributed by atoms with Crippen molar-refractivity contribution in [2.24, 2.45) is 7.05 Å². The lowest BCUT2D eigenvalue weighted by atomic mass is 9.92. The summed E-state index contributed by atoms with van der Waals surface area (Å²) in [6.45, 7) is 1.81. The number of anilines is 1. The quantitative estimate of drug-likeness (QED) is 0.896. The summed E-state index contributed by atoms with van der Waals surface area (Å²) in [4.78, 5) is 0. The van der Waals surface area contributed by atoms with Crippen molar-refractivity contribution in [2.45, 2.75) is 32.2 Å². The molecule has 0 fully saturated rings. The Morgan fingerprint density at radius 2 is 2.26 bits per heavy atom. The highest BCUT2D eigenvalue weighted by molar-refractivity contribution is 5.53. The molecule has 1 N–H and O–H groups in total. The van der Waals surface area contributed by atoms with Gasteiger partial charge in [0.05, 0.1) is 12.2 Å². The molecule has 0 saturated heterocycles. The summed E-state index contributed by atoms with van der Waals surface area (Å²) in [5, 5.41) is 7.80. The number of nitrogens with one attached hydrogen (secondary N) is 1. The number of hydrogen-bond acceptors (Lipinski definition) is 2. The average molecular weight is 259 g/mol. The molecule has 0 aliphatic heterocycles. The lowest BCUT2D eigenvalue weighted by Crippen LogP contribution is -2.18. The van der Waals surface area contributed by atoms with E-state index >= 15 is 0 Å². The first-order valence-corrected chi connectivity index (χ1v) is 6.69. The molecule has 1 unspecified atom stereocenters. The standard InChI is InChI=1S/C15H18FN3/c1-10-12(16)5-3-6-13(10)18-14-7-4-8-15-11(14)9-17-19(15)2/h3,5-6,9,14,18H,4,7-8H2,1-2H3. The lowest BCUT2D eigenvalue weighted by Gasteiger charge is -2.25. The molecule has 19 heavy (non-hydrogen) atoms. The Morgan fingerprint density at radius 1 is 1.42 bits per heavy atom. The van der Waals surface area contributed by atoms with Crippen molar-refractivity contribution in [2.75, 3.05) is 5.32 Å². The predicted molar refractivity (Wildman–Crippen MR) is 73.6 cm³/mol. The van der Waals surface area contributed by atoms with E-state index in [1.807, 2.05) is 30.9 Å². The lowest BCUT2D eigenvalue weighted by molar-refractivity contribution is 0.569. The second kappa shape index (κ2) is 4.68. The van der Waals surface area contributed by atoms with Gasteiger partial charge in [-0.1, -0.05) is 6.07 Å². The predicted octanol–water partition coefficient (Wildman–Crippen LogP) is 3.36. The van der Waals surface area contributed by atoms with Crippen LogP contribution in [-0.2, 0) is 13.5 Å². The van der Waals surface area contributed by atoms with Crippen LogP contribution in [0.15, 0.2) is 24.4 Å². The van der Waals surface area contributed by atoms with Crippen molar-refractivity contribution >= 4 is 5.69 Å². The topological polar surface area (TPSA) is 29.9 Å². The third-order valence-corrected chi connectivity index (χ3v) is 3.97. The summed E-state index contributed by atoms with van der Waals surface area (Å²) in [5.74, 6) is -0.160. The largest absolute Gasteiger partial charge is 0.378 e. The molecule has 0 amide bonds. The minimum Gasteiger partial charge on any atom is -0.378 e. The number of rotatable bonds is 2. The monoisotopic (exact) mass is 259 g/mol. The zero-order valence-corrected chi connectivity index (χ0v) is 11.3. The average Bonchev–Trinajstić information content (AvgIpc) is 2.78. The molecular formula is C15H18FN3. The van der Waals surface area contributed by atoms with Crippen LogP contribution in [0.25, 0.3) is 0 Å². The van der Waals surface area contributed by atoms with E-state index in [1.54, 1.807) is 6.07 Å². The maximum absolute atomic E-state index is 13.6. The van der Waals surface area contributed by atoms with E-state index in [-0.39, 0.29) is 11.9 Å². The Labute approximate surface area is 112 Å². The third kappa shape index (κ3) is 2.11. The number of benzene rings is 1. The number of aryl methyl sites for hydroxylation is 1. The number of nitrogens with zero attached hydrogens (tertiary/aromatic N) is 2. The van der Waals surface area contributed by atoms with E-state index in [0.29, 0.717) is 5.56 Å². The fourth-order valence-electron chi connectivity index (χ4n) is 2.81. The number of fused-ring (bicyclic) bond motifs is 1. The third-order valence-electron chi connectivity index (χ3n) is 3.97. The fourth-order valence-corrected chi connectivity index (χ4v) is 2.81. The molecule has 1 aromatic carbocycles. The van der Waals surface area contributed by atoms with Crippen LogP contribution in [0.3, 0.4) is 0 Å². The molecule has 1 aliphatic rings. The zero-order chi connectivity index (χ0) is 13.4. The number of halogens is 1. The molecule has 3 rings (SSSR count). The first-order valence-electron chi connectivity index (χ1n) is 6.69. The van der Waals surface area contributed by atoms with Gasteiger partial charge in [0.15, 0.2) is 0 Å². The van der Waals surface area contributed by atoms with E-state index in [2.05, 4.69) is 10.4 Å². The van der Waals surface area contributed by atoms with Crippen LogP contribution < -0.4 is 5.32 Å². The Hall–Kier alpha value is -1.84. The van der Waals surface area contributed by atoms with E-state index in [0.717, 1.165) is 24.9 Å². The molecule has 0 spiro atoms. The van der Waals surface area contributed by atoms with Crippen LogP contribution in [0.2, 0.25) is 0 Å². The number of aromatic nitrogens is 2. The highest BCUT2D eigenvalue weighted by Crippen LogP contribution is 2.33.